The number of morpholine rings is 1. The van der Waals surface area contributed by atoms with Gasteiger partial charge in [-0.15, -0.1) is 0 Å². The Kier molecular flexibility index (Phi) is 6.43. The Balaban J connectivity index is 1.62. The predicted molar refractivity (Wildman–Crippen MR) is 133 cm³/mol. The van der Waals surface area contributed by atoms with Crippen molar-refractivity contribution in [2.45, 2.75) is 45.4 Å². The van der Waals surface area contributed by atoms with Crippen LogP contribution in [0.4, 0.5) is 8.78 Å². The van der Waals surface area contributed by atoms with Gasteiger partial charge in [-0.1, -0.05) is 45.0 Å². The lowest BCUT2D eigenvalue weighted by Crippen LogP contribution is -2.58. The van der Waals surface area contributed by atoms with E-state index < -0.39 is 5.60 Å². The minimum absolute atomic E-state index is 0.0234. The summed E-state index contributed by atoms with van der Waals surface area (Å²) >= 11 is 0. The molecular formula is C28H32F2N4O2. The van der Waals surface area contributed by atoms with Crippen LogP contribution in [0.3, 0.4) is 0 Å². The molecular weight excluding hydrogens is 462 g/mol. The second kappa shape index (κ2) is 9.41. The lowest BCUT2D eigenvalue weighted by atomic mass is 9.83. The zero-order chi connectivity index (χ0) is 25.5. The van der Waals surface area contributed by atoms with Gasteiger partial charge in [0.15, 0.2) is 0 Å². The summed E-state index contributed by atoms with van der Waals surface area (Å²) in [5.74, 6) is -0.0616. The monoisotopic (exact) mass is 494 g/mol. The Morgan fingerprint density at radius 3 is 2.56 bits per heavy atom. The molecule has 190 valence electrons. The van der Waals surface area contributed by atoms with Gasteiger partial charge < -0.3 is 19.5 Å². The number of rotatable bonds is 5. The van der Waals surface area contributed by atoms with Crippen molar-refractivity contribution in [1.29, 1.82) is 0 Å². The lowest BCUT2D eigenvalue weighted by Gasteiger charge is -2.47. The second-order valence-corrected chi connectivity index (χ2v) is 10.9. The number of nitrogens with one attached hydrogen (secondary N) is 1. The molecule has 6 nitrogen and oxygen atoms in total. The van der Waals surface area contributed by atoms with E-state index in [9.17, 15) is 13.6 Å². The van der Waals surface area contributed by atoms with Crippen LogP contribution < -0.4 is 5.32 Å². The summed E-state index contributed by atoms with van der Waals surface area (Å²) in [6.45, 7) is 8.65. The zero-order valence-electron chi connectivity index (χ0n) is 20.9. The first kappa shape index (κ1) is 24.6. The minimum Gasteiger partial charge on any atom is -0.362 e. The number of hydrogen-bond donors (Lipinski definition) is 1. The van der Waals surface area contributed by atoms with Gasteiger partial charge in [0.2, 0.25) is 5.91 Å². The molecule has 0 unspecified atom stereocenters. The predicted octanol–water partition coefficient (Wildman–Crippen LogP) is 4.55. The van der Waals surface area contributed by atoms with Gasteiger partial charge in [-0.05, 0) is 48.2 Å². The fraction of sp³-hybridized carbons (Fsp3) is 0.429. The van der Waals surface area contributed by atoms with E-state index in [2.05, 4.69) is 26.1 Å². The number of ether oxygens (including phenoxy) is 1. The summed E-state index contributed by atoms with van der Waals surface area (Å²) < 4.78 is 36.1. The van der Waals surface area contributed by atoms with Crippen LogP contribution in [0, 0.1) is 17.0 Å². The van der Waals surface area contributed by atoms with Crippen molar-refractivity contribution < 1.29 is 18.3 Å². The normalized spacial score (nSPS) is 21.4. The molecule has 1 amide bonds. The number of halogens is 2. The molecule has 1 aromatic heterocycles. The number of imidazole rings is 1. The summed E-state index contributed by atoms with van der Waals surface area (Å²) in [5, 5.41) is 3.36. The third-order valence-electron chi connectivity index (χ3n) is 7.03. The molecule has 2 saturated heterocycles. The number of carbonyl (C=O) groups excluding carboxylic acids is 1. The van der Waals surface area contributed by atoms with Gasteiger partial charge in [0, 0.05) is 24.8 Å². The molecule has 2 fully saturated rings. The van der Waals surface area contributed by atoms with Crippen molar-refractivity contribution in [2.24, 2.45) is 5.41 Å². The highest BCUT2D eigenvalue weighted by Crippen LogP contribution is 2.42. The van der Waals surface area contributed by atoms with Crippen molar-refractivity contribution in [3.8, 4) is 11.3 Å². The molecule has 3 heterocycles. The van der Waals surface area contributed by atoms with Gasteiger partial charge in [0.05, 0.1) is 23.9 Å². The van der Waals surface area contributed by atoms with Crippen LogP contribution >= 0.6 is 0 Å². The number of hydrogen-bond acceptors (Lipinski definition) is 4. The Morgan fingerprint density at radius 2 is 1.89 bits per heavy atom. The molecule has 0 radical (unpaired) electrons. The van der Waals surface area contributed by atoms with E-state index in [0.29, 0.717) is 36.7 Å². The van der Waals surface area contributed by atoms with Gasteiger partial charge in [-0.25, -0.2) is 13.8 Å². The third-order valence-corrected chi connectivity index (χ3v) is 7.03. The van der Waals surface area contributed by atoms with E-state index in [-0.39, 0.29) is 35.6 Å². The Hall–Kier alpha value is -3.10. The molecule has 3 aromatic rings. The van der Waals surface area contributed by atoms with Crippen LogP contribution in [0.2, 0.25) is 0 Å². The van der Waals surface area contributed by atoms with Crippen LogP contribution in [-0.4, -0.2) is 52.2 Å². The average molecular weight is 495 g/mol. The molecule has 2 aromatic carbocycles. The van der Waals surface area contributed by atoms with E-state index in [0.717, 1.165) is 18.5 Å². The molecule has 1 spiro atoms. The number of nitrogens with zero attached hydrogens (tertiary/aromatic N) is 3. The molecule has 36 heavy (non-hydrogen) atoms. The average Bonchev–Trinajstić information content (AvgIpc) is 3.43. The fourth-order valence-electron chi connectivity index (χ4n) is 5.34. The molecule has 2 aliphatic rings. The lowest BCUT2D eigenvalue weighted by molar-refractivity contribution is -0.169. The van der Waals surface area contributed by atoms with Crippen LogP contribution in [0.1, 0.15) is 44.6 Å². The van der Waals surface area contributed by atoms with Crippen molar-refractivity contribution >= 4 is 5.91 Å². The van der Waals surface area contributed by atoms with E-state index in [1.54, 1.807) is 12.1 Å². The standard InChI is InChI=1S/C28H32F2N4O2/c1-27(2,3)25(34-18-28(10-11-31-17-28)36-16-24(34)35)26-32-23(20-7-5-9-22(30)13-20)15-33(26)14-19-6-4-8-21(29)12-19/h4-9,12-13,15,25,31H,10-11,14,16-18H2,1-3H3/t25-,28+/m0/s1. The highest BCUT2D eigenvalue weighted by Gasteiger charge is 2.47. The van der Waals surface area contributed by atoms with Crippen LogP contribution in [0.5, 0.6) is 0 Å². The fourth-order valence-corrected chi connectivity index (χ4v) is 5.34. The number of carbonyl (C=O) groups is 1. The molecule has 5 rings (SSSR count). The van der Waals surface area contributed by atoms with Gasteiger partial charge in [0.1, 0.15) is 24.1 Å². The SMILES string of the molecule is CC(C)(C)[C@H](c1nc(-c2cccc(F)c2)cn1Cc1cccc(F)c1)N1C[C@]2(CCNC2)OCC1=O. The molecule has 8 heteroatoms. The van der Waals surface area contributed by atoms with Gasteiger partial charge in [-0.3, -0.25) is 4.79 Å². The molecule has 0 bridgehead atoms. The number of aromatic nitrogens is 2. The van der Waals surface area contributed by atoms with Gasteiger partial charge in [-0.2, -0.15) is 0 Å². The van der Waals surface area contributed by atoms with Crippen LogP contribution in [0.25, 0.3) is 11.3 Å². The maximum absolute atomic E-state index is 14.1. The smallest absolute Gasteiger partial charge is 0.249 e. The maximum Gasteiger partial charge on any atom is 0.249 e. The first-order chi connectivity index (χ1) is 17.1. The highest BCUT2D eigenvalue weighted by molar-refractivity contribution is 5.79. The minimum atomic E-state index is -0.414. The zero-order valence-corrected chi connectivity index (χ0v) is 20.9. The van der Waals surface area contributed by atoms with Crippen molar-refractivity contribution in [2.75, 3.05) is 26.2 Å². The Morgan fingerprint density at radius 1 is 1.14 bits per heavy atom. The molecule has 2 atom stereocenters. The first-order valence-electron chi connectivity index (χ1n) is 12.4. The number of amides is 1. The van der Waals surface area contributed by atoms with Crippen molar-refractivity contribution in [3.63, 3.8) is 0 Å². The molecule has 0 saturated carbocycles. The molecule has 0 aliphatic carbocycles. The van der Waals surface area contributed by atoms with Crippen LogP contribution in [0.15, 0.2) is 54.7 Å². The van der Waals surface area contributed by atoms with E-state index >= 15 is 0 Å². The summed E-state index contributed by atoms with van der Waals surface area (Å²) in [6.07, 6.45) is 2.70. The Bertz CT molecular complexity index is 1260. The van der Waals surface area contributed by atoms with E-state index in [1.165, 1.54) is 24.3 Å². The second-order valence-electron chi connectivity index (χ2n) is 10.9. The van der Waals surface area contributed by atoms with Gasteiger partial charge in [0.25, 0.3) is 0 Å². The molecule has 1 N–H and O–H groups in total. The first-order valence-corrected chi connectivity index (χ1v) is 12.4. The van der Waals surface area contributed by atoms with E-state index in [4.69, 9.17) is 9.72 Å². The topological polar surface area (TPSA) is 59.4 Å². The highest BCUT2D eigenvalue weighted by atomic mass is 19.1. The third kappa shape index (κ3) is 4.92. The Labute approximate surface area is 210 Å². The number of benzene rings is 2. The van der Waals surface area contributed by atoms with Crippen molar-refractivity contribution in [3.05, 3.63) is 77.8 Å². The van der Waals surface area contributed by atoms with Crippen molar-refractivity contribution in [1.82, 2.24) is 19.8 Å². The molecule has 2 aliphatic heterocycles. The van der Waals surface area contributed by atoms with Crippen LogP contribution in [-0.2, 0) is 16.1 Å². The summed E-state index contributed by atoms with van der Waals surface area (Å²) in [6, 6.07) is 12.4. The summed E-state index contributed by atoms with van der Waals surface area (Å²) in [4.78, 5) is 20.2. The van der Waals surface area contributed by atoms with E-state index in [1.807, 2.05) is 27.8 Å². The largest absolute Gasteiger partial charge is 0.362 e. The van der Waals surface area contributed by atoms with Gasteiger partial charge >= 0.3 is 0 Å². The quantitative estimate of drug-likeness (QED) is 0.565. The maximum atomic E-state index is 14.1. The summed E-state index contributed by atoms with van der Waals surface area (Å²) in [5.41, 5.74) is 1.24. The summed E-state index contributed by atoms with van der Waals surface area (Å²) in [7, 11) is 0.